The SMILES string of the molecule is CCCOc1cccc(CCNC(=NCCOC)NCC)c1.I. The van der Waals surface area contributed by atoms with Crippen molar-refractivity contribution in [1.29, 1.82) is 0 Å². The van der Waals surface area contributed by atoms with Gasteiger partial charge in [-0.05, 0) is 37.5 Å². The second-order valence-electron chi connectivity index (χ2n) is 4.93. The van der Waals surface area contributed by atoms with Crippen LogP contribution in [-0.4, -0.2) is 45.9 Å². The molecule has 0 radical (unpaired) electrons. The number of rotatable bonds is 10. The standard InChI is InChI=1S/C17H29N3O2.HI/c1-4-12-22-16-8-6-7-15(14-16)9-10-19-17(18-5-2)20-11-13-21-3;/h6-8,14H,4-5,9-13H2,1-3H3,(H2,18,19,20);1H. The molecule has 1 aromatic carbocycles. The Bertz CT molecular complexity index is 442. The van der Waals surface area contributed by atoms with Gasteiger partial charge in [0.05, 0.1) is 19.8 Å². The number of benzene rings is 1. The molecule has 0 spiro atoms. The van der Waals surface area contributed by atoms with Gasteiger partial charge in [-0.15, -0.1) is 24.0 Å². The predicted molar refractivity (Wildman–Crippen MR) is 107 cm³/mol. The zero-order valence-electron chi connectivity index (χ0n) is 14.4. The molecule has 0 heterocycles. The fourth-order valence-electron chi connectivity index (χ4n) is 1.93. The molecule has 0 saturated heterocycles. The molecule has 0 aromatic heterocycles. The van der Waals surface area contributed by atoms with Crippen molar-refractivity contribution in [3.8, 4) is 5.75 Å². The van der Waals surface area contributed by atoms with Crippen LogP contribution in [0.25, 0.3) is 0 Å². The van der Waals surface area contributed by atoms with Crippen molar-refractivity contribution in [3.63, 3.8) is 0 Å². The zero-order valence-corrected chi connectivity index (χ0v) is 16.8. The van der Waals surface area contributed by atoms with E-state index < -0.39 is 0 Å². The highest BCUT2D eigenvalue weighted by molar-refractivity contribution is 14.0. The molecule has 0 aliphatic carbocycles. The third-order valence-electron chi connectivity index (χ3n) is 2.99. The first-order valence-corrected chi connectivity index (χ1v) is 8.03. The van der Waals surface area contributed by atoms with E-state index in [-0.39, 0.29) is 24.0 Å². The van der Waals surface area contributed by atoms with Crippen molar-refractivity contribution in [1.82, 2.24) is 10.6 Å². The van der Waals surface area contributed by atoms with Crippen molar-refractivity contribution < 1.29 is 9.47 Å². The van der Waals surface area contributed by atoms with Crippen LogP contribution in [0.2, 0.25) is 0 Å². The largest absolute Gasteiger partial charge is 0.494 e. The van der Waals surface area contributed by atoms with E-state index in [4.69, 9.17) is 9.47 Å². The smallest absolute Gasteiger partial charge is 0.191 e. The minimum Gasteiger partial charge on any atom is -0.494 e. The van der Waals surface area contributed by atoms with Gasteiger partial charge >= 0.3 is 0 Å². The first-order chi connectivity index (χ1) is 10.8. The average Bonchev–Trinajstić information content (AvgIpc) is 2.53. The number of nitrogens with zero attached hydrogens (tertiary/aromatic N) is 1. The molecule has 1 aromatic rings. The van der Waals surface area contributed by atoms with Gasteiger partial charge in [0.15, 0.2) is 5.96 Å². The normalized spacial score (nSPS) is 10.8. The lowest BCUT2D eigenvalue weighted by atomic mass is 10.1. The number of hydrogen-bond acceptors (Lipinski definition) is 3. The van der Waals surface area contributed by atoms with Crippen molar-refractivity contribution in [2.24, 2.45) is 4.99 Å². The van der Waals surface area contributed by atoms with E-state index in [1.54, 1.807) is 7.11 Å². The number of halogens is 1. The quantitative estimate of drug-likeness (QED) is 0.257. The van der Waals surface area contributed by atoms with Crippen LogP contribution in [-0.2, 0) is 11.2 Å². The van der Waals surface area contributed by atoms with Gasteiger partial charge in [0.1, 0.15) is 5.75 Å². The molecule has 0 saturated carbocycles. The third kappa shape index (κ3) is 10.4. The zero-order chi connectivity index (χ0) is 16.0. The van der Waals surface area contributed by atoms with Gasteiger partial charge in [-0.25, -0.2) is 0 Å². The summed E-state index contributed by atoms with van der Waals surface area (Å²) < 4.78 is 10.7. The molecule has 0 atom stereocenters. The van der Waals surface area contributed by atoms with Crippen LogP contribution in [0, 0.1) is 0 Å². The molecular weight excluding hydrogens is 405 g/mol. The van der Waals surface area contributed by atoms with E-state index in [9.17, 15) is 0 Å². The van der Waals surface area contributed by atoms with E-state index in [0.717, 1.165) is 44.2 Å². The number of guanidine groups is 1. The van der Waals surface area contributed by atoms with Crippen LogP contribution in [0.5, 0.6) is 5.75 Å². The molecule has 2 N–H and O–H groups in total. The summed E-state index contributed by atoms with van der Waals surface area (Å²) in [5.41, 5.74) is 1.26. The molecule has 5 nitrogen and oxygen atoms in total. The van der Waals surface area contributed by atoms with Crippen molar-refractivity contribution in [3.05, 3.63) is 29.8 Å². The van der Waals surface area contributed by atoms with Crippen LogP contribution in [0.15, 0.2) is 29.3 Å². The minimum absolute atomic E-state index is 0. The molecule has 6 heteroatoms. The second kappa shape index (κ2) is 14.6. The molecule has 132 valence electrons. The Morgan fingerprint density at radius 1 is 1.17 bits per heavy atom. The second-order valence-corrected chi connectivity index (χ2v) is 4.93. The van der Waals surface area contributed by atoms with Crippen LogP contribution in [0.1, 0.15) is 25.8 Å². The van der Waals surface area contributed by atoms with Crippen molar-refractivity contribution >= 4 is 29.9 Å². The van der Waals surface area contributed by atoms with Gasteiger partial charge in [-0.2, -0.15) is 0 Å². The van der Waals surface area contributed by atoms with Gasteiger partial charge in [0, 0.05) is 20.2 Å². The van der Waals surface area contributed by atoms with Gasteiger partial charge in [0.2, 0.25) is 0 Å². The van der Waals surface area contributed by atoms with Gasteiger partial charge < -0.3 is 20.1 Å². The summed E-state index contributed by atoms with van der Waals surface area (Å²) in [5.74, 6) is 1.78. The Hall–Kier alpha value is -1.02. The average molecular weight is 435 g/mol. The lowest BCUT2D eigenvalue weighted by Gasteiger charge is -2.12. The molecule has 0 bridgehead atoms. The summed E-state index contributed by atoms with van der Waals surface area (Å²) in [4.78, 5) is 4.44. The van der Waals surface area contributed by atoms with Crippen molar-refractivity contribution in [2.45, 2.75) is 26.7 Å². The highest BCUT2D eigenvalue weighted by atomic mass is 127. The summed E-state index contributed by atoms with van der Waals surface area (Å²) in [6, 6.07) is 8.27. The fraction of sp³-hybridized carbons (Fsp3) is 0.588. The van der Waals surface area contributed by atoms with E-state index >= 15 is 0 Å². The fourth-order valence-corrected chi connectivity index (χ4v) is 1.93. The topological polar surface area (TPSA) is 54.9 Å². The number of ether oxygens (including phenoxy) is 2. The Balaban J connectivity index is 0.00000484. The molecule has 0 fully saturated rings. The summed E-state index contributed by atoms with van der Waals surface area (Å²) in [6.45, 7) is 7.90. The van der Waals surface area contributed by atoms with E-state index in [1.807, 2.05) is 12.1 Å². The molecule has 0 amide bonds. The van der Waals surface area contributed by atoms with Crippen LogP contribution >= 0.6 is 24.0 Å². The first-order valence-electron chi connectivity index (χ1n) is 8.03. The Morgan fingerprint density at radius 2 is 2.00 bits per heavy atom. The third-order valence-corrected chi connectivity index (χ3v) is 2.99. The van der Waals surface area contributed by atoms with Gasteiger partial charge in [0.25, 0.3) is 0 Å². The Labute approximate surface area is 157 Å². The maximum Gasteiger partial charge on any atom is 0.191 e. The van der Waals surface area contributed by atoms with Crippen molar-refractivity contribution in [2.75, 3.05) is 40.0 Å². The maximum absolute atomic E-state index is 5.66. The highest BCUT2D eigenvalue weighted by Crippen LogP contribution is 2.13. The highest BCUT2D eigenvalue weighted by Gasteiger charge is 1.99. The Kier molecular flexibility index (Phi) is 13.9. The number of aliphatic imine (C=N–C) groups is 1. The maximum atomic E-state index is 5.66. The summed E-state index contributed by atoms with van der Waals surface area (Å²) in [5, 5.41) is 6.56. The molecule has 0 aliphatic heterocycles. The summed E-state index contributed by atoms with van der Waals surface area (Å²) in [6.07, 6.45) is 1.95. The van der Waals surface area contributed by atoms with Crippen LogP contribution in [0.3, 0.4) is 0 Å². The van der Waals surface area contributed by atoms with Gasteiger partial charge in [-0.1, -0.05) is 19.1 Å². The number of methoxy groups -OCH3 is 1. The minimum atomic E-state index is 0. The van der Waals surface area contributed by atoms with Crippen LogP contribution < -0.4 is 15.4 Å². The lowest BCUT2D eigenvalue weighted by Crippen LogP contribution is -2.38. The first kappa shape index (κ1) is 22.0. The predicted octanol–water partition coefficient (Wildman–Crippen LogP) is 2.84. The Morgan fingerprint density at radius 3 is 2.70 bits per heavy atom. The number of nitrogens with one attached hydrogen (secondary N) is 2. The molecular formula is C17H30IN3O2. The molecule has 1 rings (SSSR count). The summed E-state index contributed by atoms with van der Waals surface area (Å²) in [7, 11) is 1.68. The monoisotopic (exact) mass is 435 g/mol. The van der Waals surface area contributed by atoms with E-state index in [2.05, 4.69) is 41.6 Å². The van der Waals surface area contributed by atoms with Crippen LogP contribution in [0.4, 0.5) is 0 Å². The van der Waals surface area contributed by atoms with E-state index in [0.29, 0.717) is 13.2 Å². The molecule has 0 unspecified atom stereocenters. The lowest BCUT2D eigenvalue weighted by molar-refractivity contribution is 0.208. The number of hydrogen-bond donors (Lipinski definition) is 2. The van der Waals surface area contributed by atoms with E-state index in [1.165, 1.54) is 5.56 Å². The summed E-state index contributed by atoms with van der Waals surface area (Å²) >= 11 is 0. The molecule has 0 aliphatic rings. The van der Waals surface area contributed by atoms with Gasteiger partial charge in [-0.3, -0.25) is 4.99 Å². The molecule has 23 heavy (non-hydrogen) atoms.